The van der Waals surface area contributed by atoms with Gasteiger partial charge >= 0.3 is 0 Å². The highest BCUT2D eigenvalue weighted by molar-refractivity contribution is 7.14. The van der Waals surface area contributed by atoms with Crippen molar-refractivity contribution in [2.75, 3.05) is 11.9 Å². The summed E-state index contributed by atoms with van der Waals surface area (Å²) in [6.07, 6.45) is 0. The molecule has 2 aromatic rings. The molecule has 0 fully saturated rings. The van der Waals surface area contributed by atoms with Gasteiger partial charge < -0.3 is 10.4 Å². The summed E-state index contributed by atoms with van der Waals surface area (Å²) in [4.78, 5) is 13.7. The smallest absolute Gasteiger partial charge is 0.265 e. The molecule has 1 heterocycles. The van der Waals surface area contributed by atoms with Crippen molar-refractivity contribution < 1.29 is 9.90 Å². The number of aliphatic hydroxyl groups excluding tert-OH is 1. The van der Waals surface area contributed by atoms with Crippen LogP contribution in [0.3, 0.4) is 0 Å². The van der Waals surface area contributed by atoms with Crippen LogP contribution in [0.25, 0.3) is 0 Å². The number of aryl methyl sites for hydroxylation is 3. The molecule has 0 atom stereocenters. The minimum absolute atomic E-state index is 0.132. The number of carbonyl (C=O) groups is 1. The van der Waals surface area contributed by atoms with E-state index < -0.39 is 0 Å². The van der Waals surface area contributed by atoms with E-state index in [0.29, 0.717) is 4.88 Å². The highest BCUT2D eigenvalue weighted by atomic mass is 32.1. The van der Waals surface area contributed by atoms with Crippen molar-refractivity contribution in [3.05, 3.63) is 50.7 Å². The monoisotopic (exact) mass is 299 g/mol. The fourth-order valence-electron chi connectivity index (χ4n) is 1.98. The van der Waals surface area contributed by atoms with Crippen LogP contribution in [0.5, 0.6) is 0 Å². The number of hydrogen-bond acceptors (Lipinski definition) is 3. The predicted molar refractivity (Wildman–Crippen MR) is 86.9 cm³/mol. The van der Waals surface area contributed by atoms with Gasteiger partial charge in [0, 0.05) is 5.69 Å². The van der Waals surface area contributed by atoms with Crippen LogP contribution in [-0.4, -0.2) is 17.6 Å². The molecule has 1 aromatic heterocycles. The van der Waals surface area contributed by atoms with Gasteiger partial charge in [-0.25, -0.2) is 0 Å². The Balaban J connectivity index is 2.21. The largest absolute Gasteiger partial charge is 0.384 e. The third-order valence-corrected chi connectivity index (χ3v) is 4.20. The number of rotatable bonds is 2. The molecule has 1 amide bonds. The van der Waals surface area contributed by atoms with E-state index in [4.69, 9.17) is 5.11 Å². The fourth-order valence-corrected chi connectivity index (χ4v) is 2.92. The summed E-state index contributed by atoms with van der Waals surface area (Å²) in [6, 6.07) is 7.74. The molecule has 1 aromatic carbocycles. The first-order valence-electron chi connectivity index (χ1n) is 6.60. The SMILES string of the molecule is Cc1ccc(NC(=O)c2cc(C)c(C#CCO)s2)c(C)c1. The lowest BCUT2D eigenvalue weighted by Crippen LogP contribution is -2.11. The lowest BCUT2D eigenvalue weighted by molar-refractivity contribution is 0.103. The van der Waals surface area contributed by atoms with E-state index in [1.54, 1.807) is 0 Å². The summed E-state index contributed by atoms with van der Waals surface area (Å²) in [5, 5.41) is 11.7. The van der Waals surface area contributed by atoms with E-state index in [2.05, 4.69) is 17.2 Å². The van der Waals surface area contributed by atoms with Crippen molar-refractivity contribution in [3.63, 3.8) is 0 Å². The molecular formula is C17H17NO2S. The van der Waals surface area contributed by atoms with E-state index in [0.717, 1.165) is 21.7 Å². The zero-order valence-corrected chi connectivity index (χ0v) is 13.1. The molecule has 108 valence electrons. The molecule has 0 bridgehead atoms. The van der Waals surface area contributed by atoms with Crippen molar-refractivity contribution in [3.8, 4) is 11.8 Å². The average molecular weight is 299 g/mol. The molecule has 2 rings (SSSR count). The Hall–Kier alpha value is -2.09. The van der Waals surface area contributed by atoms with Gasteiger partial charge in [0.25, 0.3) is 5.91 Å². The summed E-state index contributed by atoms with van der Waals surface area (Å²) in [6.45, 7) is 5.72. The van der Waals surface area contributed by atoms with Crippen molar-refractivity contribution in [1.29, 1.82) is 0 Å². The maximum atomic E-state index is 12.3. The van der Waals surface area contributed by atoms with E-state index in [9.17, 15) is 4.79 Å². The molecule has 0 spiro atoms. The van der Waals surface area contributed by atoms with Crippen LogP contribution in [-0.2, 0) is 0 Å². The van der Waals surface area contributed by atoms with E-state index in [1.165, 1.54) is 16.9 Å². The first-order chi connectivity index (χ1) is 10.0. The minimum atomic E-state index is -0.179. The first-order valence-corrected chi connectivity index (χ1v) is 7.41. The molecule has 21 heavy (non-hydrogen) atoms. The van der Waals surface area contributed by atoms with Gasteiger partial charge in [-0.2, -0.15) is 0 Å². The lowest BCUT2D eigenvalue weighted by atomic mass is 10.1. The number of nitrogens with one attached hydrogen (secondary N) is 1. The Morgan fingerprint density at radius 2 is 2.00 bits per heavy atom. The molecule has 0 aliphatic heterocycles. The number of aliphatic hydroxyl groups is 1. The number of benzene rings is 1. The third kappa shape index (κ3) is 3.72. The van der Waals surface area contributed by atoms with Crippen molar-refractivity contribution in [2.45, 2.75) is 20.8 Å². The van der Waals surface area contributed by atoms with Crippen LogP contribution >= 0.6 is 11.3 Å². The lowest BCUT2D eigenvalue weighted by Gasteiger charge is -2.07. The van der Waals surface area contributed by atoms with Crippen LogP contribution < -0.4 is 5.32 Å². The number of thiophene rings is 1. The third-order valence-electron chi connectivity index (χ3n) is 3.05. The zero-order chi connectivity index (χ0) is 15.4. The van der Waals surface area contributed by atoms with Crippen molar-refractivity contribution >= 4 is 22.9 Å². The molecule has 0 aliphatic rings. The maximum absolute atomic E-state index is 12.3. The summed E-state index contributed by atoms with van der Waals surface area (Å²) in [5.74, 6) is 5.33. The molecule has 0 aliphatic carbocycles. The van der Waals surface area contributed by atoms with Gasteiger partial charge in [-0.1, -0.05) is 29.5 Å². The molecule has 0 unspecified atom stereocenters. The molecule has 4 heteroatoms. The predicted octanol–water partition coefficient (Wildman–Crippen LogP) is 3.27. The first kappa shape index (κ1) is 15.3. The number of amides is 1. The summed E-state index contributed by atoms with van der Waals surface area (Å²) in [5.41, 5.74) is 3.97. The van der Waals surface area contributed by atoms with Crippen LogP contribution in [0.4, 0.5) is 5.69 Å². The molecule has 0 saturated heterocycles. The topological polar surface area (TPSA) is 49.3 Å². The minimum Gasteiger partial charge on any atom is -0.384 e. The van der Waals surface area contributed by atoms with Crippen molar-refractivity contribution in [2.24, 2.45) is 0 Å². The van der Waals surface area contributed by atoms with Crippen molar-refractivity contribution in [1.82, 2.24) is 0 Å². The second-order valence-corrected chi connectivity index (χ2v) is 5.91. The second kappa shape index (κ2) is 6.57. The summed E-state index contributed by atoms with van der Waals surface area (Å²) < 4.78 is 0. The van der Waals surface area contributed by atoms with Crippen LogP contribution in [0.15, 0.2) is 24.3 Å². The fraction of sp³-hybridized carbons (Fsp3) is 0.235. The highest BCUT2D eigenvalue weighted by Crippen LogP contribution is 2.23. The molecule has 0 radical (unpaired) electrons. The normalized spacial score (nSPS) is 9.90. The van der Waals surface area contributed by atoms with E-state index in [1.807, 2.05) is 45.0 Å². The van der Waals surface area contributed by atoms with Gasteiger partial charge in [0.1, 0.15) is 6.61 Å². The molecule has 2 N–H and O–H groups in total. The Morgan fingerprint density at radius 1 is 1.24 bits per heavy atom. The van der Waals surface area contributed by atoms with Gasteiger partial charge in [-0.05, 0) is 44.0 Å². The Morgan fingerprint density at radius 3 is 2.67 bits per heavy atom. The van der Waals surface area contributed by atoms with Crippen LogP contribution in [0.1, 0.15) is 31.2 Å². The zero-order valence-electron chi connectivity index (χ0n) is 12.3. The molecular weight excluding hydrogens is 282 g/mol. The average Bonchev–Trinajstić information content (AvgIpc) is 2.81. The molecule has 0 saturated carbocycles. The van der Waals surface area contributed by atoms with Gasteiger partial charge in [0.15, 0.2) is 0 Å². The van der Waals surface area contributed by atoms with Gasteiger partial charge in [-0.15, -0.1) is 11.3 Å². The van der Waals surface area contributed by atoms with Crippen LogP contribution in [0, 0.1) is 32.6 Å². The Bertz CT molecular complexity index is 735. The quantitative estimate of drug-likeness (QED) is 0.836. The standard InChI is InChI=1S/C17H17NO2S/c1-11-6-7-14(12(2)9-11)18-17(20)16-10-13(3)15(21-16)5-4-8-19/h6-7,9-10,19H,8H2,1-3H3,(H,18,20). The Kier molecular flexibility index (Phi) is 4.79. The second-order valence-electron chi connectivity index (χ2n) is 4.86. The maximum Gasteiger partial charge on any atom is 0.265 e. The van der Waals surface area contributed by atoms with Gasteiger partial charge in [0.2, 0.25) is 0 Å². The summed E-state index contributed by atoms with van der Waals surface area (Å²) >= 11 is 1.34. The van der Waals surface area contributed by atoms with Crippen LogP contribution in [0.2, 0.25) is 0 Å². The number of anilines is 1. The van der Waals surface area contributed by atoms with E-state index in [-0.39, 0.29) is 12.5 Å². The summed E-state index contributed by atoms with van der Waals surface area (Å²) in [7, 11) is 0. The number of carbonyl (C=O) groups excluding carboxylic acids is 1. The number of hydrogen-bond donors (Lipinski definition) is 2. The van der Waals surface area contributed by atoms with E-state index >= 15 is 0 Å². The molecule has 3 nitrogen and oxygen atoms in total. The highest BCUT2D eigenvalue weighted by Gasteiger charge is 2.12. The Labute approximate surface area is 128 Å². The van der Waals surface area contributed by atoms with Gasteiger partial charge in [-0.3, -0.25) is 4.79 Å². The van der Waals surface area contributed by atoms with Gasteiger partial charge in [0.05, 0.1) is 9.75 Å².